The van der Waals surface area contributed by atoms with Crippen LogP contribution in [-0.2, 0) is 0 Å². The maximum atomic E-state index is 3.39. The van der Waals surface area contributed by atoms with Gasteiger partial charge in [-0.05, 0) is 19.5 Å². The van der Waals surface area contributed by atoms with Crippen LogP contribution in [0.2, 0.25) is 0 Å². The van der Waals surface area contributed by atoms with Crippen LogP contribution in [0.1, 0.15) is 37.9 Å². The van der Waals surface area contributed by atoms with E-state index in [0.717, 1.165) is 5.75 Å². The molecule has 1 atom stereocenters. The summed E-state index contributed by atoms with van der Waals surface area (Å²) in [6.45, 7) is 8.92. The van der Waals surface area contributed by atoms with Crippen molar-refractivity contribution >= 4 is 11.8 Å². The Kier molecular flexibility index (Phi) is 4.88. The van der Waals surface area contributed by atoms with E-state index in [2.05, 4.69) is 57.3 Å². The highest BCUT2D eigenvalue weighted by atomic mass is 32.2. The van der Waals surface area contributed by atoms with Gasteiger partial charge in [0.15, 0.2) is 0 Å². The zero-order valence-corrected chi connectivity index (χ0v) is 11.8. The second-order valence-corrected chi connectivity index (χ2v) is 7.02. The lowest BCUT2D eigenvalue weighted by atomic mass is 10.1. The predicted molar refractivity (Wildman–Crippen MR) is 75.2 cm³/mol. The first-order chi connectivity index (χ1) is 7.42. The van der Waals surface area contributed by atoms with Gasteiger partial charge in [-0.15, -0.1) is 0 Å². The Morgan fingerprint density at radius 2 is 1.75 bits per heavy atom. The monoisotopic (exact) mass is 237 g/mol. The quantitative estimate of drug-likeness (QED) is 0.855. The summed E-state index contributed by atoms with van der Waals surface area (Å²) < 4.78 is 0.333. The van der Waals surface area contributed by atoms with Crippen molar-refractivity contribution in [2.45, 2.75) is 38.5 Å². The van der Waals surface area contributed by atoms with Crippen molar-refractivity contribution in [2.24, 2.45) is 0 Å². The maximum absolute atomic E-state index is 3.39. The molecule has 0 saturated carbocycles. The number of rotatable bonds is 4. The topological polar surface area (TPSA) is 12.0 Å². The molecule has 0 aliphatic heterocycles. The highest BCUT2D eigenvalue weighted by Crippen LogP contribution is 2.28. The van der Waals surface area contributed by atoms with E-state index in [1.165, 1.54) is 11.1 Å². The number of hydrogen-bond donors (Lipinski definition) is 1. The van der Waals surface area contributed by atoms with Crippen molar-refractivity contribution in [3.8, 4) is 0 Å². The lowest BCUT2D eigenvalue weighted by Crippen LogP contribution is -2.21. The van der Waals surface area contributed by atoms with Gasteiger partial charge in [-0.1, -0.05) is 50.6 Å². The number of benzene rings is 1. The van der Waals surface area contributed by atoms with Gasteiger partial charge in [0.1, 0.15) is 0 Å². The third-order valence-electron chi connectivity index (χ3n) is 2.51. The predicted octanol–water partition coefficient (Wildman–Crippen LogP) is 3.79. The summed E-state index contributed by atoms with van der Waals surface area (Å²) >= 11 is 2.00. The van der Waals surface area contributed by atoms with Gasteiger partial charge in [-0.3, -0.25) is 0 Å². The van der Waals surface area contributed by atoms with Crippen LogP contribution in [0.3, 0.4) is 0 Å². The molecule has 0 saturated heterocycles. The van der Waals surface area contributed by atoms with Crippen molar-refractivity contribution in [1.82, 2.24) is 5.32 Å². The van der Waals surface area contributed by atoms with Gasteiger partial charge in [-0.25, -0.2) is 0 Å². The van der Waals surface area contributed by atoms with Crippen molar-refractivity contribution in [3.63, 3.8) is 0 Å². The Morgan fingerprint density at radius 1 is 1.19 bits per heavy atom. The first-order valence-electron chi connectivity index (χ1n) is 5.80. The average molecular weight is 237 g/mol. The summed E-state index contributed by atoms with van der Waals surface area (Å²) in [5.41, 5.74) is 2.70. The molecule has 90 valence electrons. The molecule has 1 aromatic carbocycles. The zero-order chi connectivity index (χ0) is 12.2. The van der Waals surface area contributed by atoms with Crippen molar-refractivity contribution in [3.05, 3.63) is 35.4 Å². The van der Waals surface area contributed by atoms with Gasteiger partial charge in [0.2, 0.25) is 0 Å². The summed E-state index contributed by atoms with van der Waals surface area (Å²) in [5, 5.41) is 3.39. The zero-order valence-electron chi connectivity index (χ0n) is 11.0. The third-order valence-corrected chi connectivity index (χ3v) is 3.88. The molecule has 1 rings (SSSR count). The van der Waals surface area contributed by atoms with Gasteiger partial charge in [0, 0.05) is 16.5 Å². The first kappa shape index (κ1) is 13.6. The van der Waals surface area contributed by atoms with Crippen LogP contribution in [0.25, 0.3) is 0 Å². The van der Waals surface area contributed by atoms with Gasteiger partial charge >= 0.3 is 0 Å². The average Bonchev–Trinajstić information content (AvgIpc) is 2.20. The molecule has 1 N–H and O–H groups in total. The number of hydrogen-bond acceptors (Lipinski definition) is 2. The molecule has 0 spiro atoms. The highest BCUT2D eigenvalue weighted by Gasteiger charge is 2.15. The van der Waals surface area contributed by atoms with Gasteiger partial charge in [-0.2, -0.15) is 11.8 Å². The summed E-state index contributed by atoms with van der Waals surface area (Å²) in [7, 11) is 2.04. The fraction of sp³-hybridized carbons (Fsp3) is 0.571. The van der Waals surface area contributed by atoms with Crippen LogP contribution in [0, 0.1) is 6.92 Å². The Morgan fingerprint density at radius 3 is 2.19 bits per heavy atom. The molecule has 1 aromatic rings. The second kappa shape index (κ2) is 5.74. The third kappa shape index (κ3) is 4.58. The lowest BCUT2D eigenvalue weighted by molar-refractivity contribution is 0.656. The Bertz CT molecular complexity index is 311. The minimum Gasteiger partial charge on any atom is -0.312 e. The largest absolute Gasteiger partial charge is 0.312 e. The lowest BCUT2D eigenvalue weighted by Gasteiger charge is -2.23. The SMILES string of the molecule is CNC(CSC(C)(C)C)c1ccc(C)cc1. The molecule has 1 unspecified atom stereocenters. The van der Waals surface area contributed by atoms with Crippen molar-refractivity contribution < 1.29 is 0 Å². The number of nitrogens with one attached hydrogen (secondary N) is 1. The van der Waals surface area contributed by atoms with Crippen LogP contribution >= 0.6 is 11.8 Å². The van der Waals surface area contributed by atoms with E-state index in [1.807, 2.05) is 18.8 Å². The molecule has 0 bridgehead atoms. The molecule has 2 heteroatoms. The smallest absolute Gasteiger partial charge is 0.0409 e. The maximum Gasteiger partial charge on any atom is 0.0409 e. The summed E-state index contributed by atoms with van der Waals surface area (Å²) in [5.74, 6) is 1.11. The standard InChI is InChI=1S/C14H23NS/c1-11-6-8-12(9-7-11)13(15-5)10-16-14(2,3)4/h6-9,13,15H,10H2,1-5H3. The highest BCUT2D eigenvalue weighted by molar-refractivity contribution is 8.00. The molecule has 0 aliphatic carbocycles. The molecule has 0 radical (unpaired) electrons. The summed E-state index contributed by atoms with van der Waals surface area (Å²) in [6.07, 6.45) is 0. The van der Waals surface area contributed by atoms with E-state index in [-0.39, 0.29) is 0 Å². The minimum absolute atomic E-state index is 0.333. The Balaban J connectivity index is 2.64. The van der Waals surface area contributed by atoms with Crippen LogP contribution in [0.15, 0.2) is 24.3 Å². The van der Waals surface area contributed by atoms with E-state index in [4.69, 9.17) is 0 Å². The minimum atomic E-state index is 0.333. The van der Waals surface area contributed by atoms with Crippen LogP contribution in [0.5, 0.6) is 0 Å². The second-order valence-electron chi connectivity index (χ2n) is 5.18. The van der Waals surface area contributed by atoms with E-state index < -0.39 is 0 Å². The van der Waals surface area contributed by atoms with E-state index in [1.54, 1.807) is 0 Å². The normalized spacial score (nSPS) is 13.8. The fourth-order valence-corrected chi connectivity index (χ4v) is 2.50. The molecule has 0 fully saturated rings. The van der Waals surface area contributed by atoms with Crippen LogP contribution < -0.4 is 5.32 Å². The van der Waals surface area contributed by atoms with Gasteiger partial charge in [0.25, 0.3) is 0 Å². The fourth-order valence-electron chi connectivity index (χ4n) is 1.48. The Labute approximate surface area is 104 Å². The number of aryl methyl sites for hydroxylation is 1. The summed E-state index contributed by atoms with van der Waals surface area (Å²) in [4.78, 5) is 0. The van der Waals surface area contributed by atoms with Crippen LogP contribution in [-0.4, -0.2) is 17.5 Å². The van der Waals surface area contributed by atoms with Gasteiger partial charge in [0.05, 0.1) is 0 Å². The van der Waals surface area contributed by atoms with Crippen molar-refractivity contribution in [2.75, 3.05) is 12.8 Å². The van der Waals surface area contributed by atoms with E-state index >= 15 is 0 Å². The first-order valence-corrected chi connectivity index (χ1v) is 6.79. The number of thioether (sulfide) groups is 1. The van der Waals surface area contributed by atoms with E-state index in [0.29, 0.717) is 10.8 Å². The van der Waals surface area contributed by atoms with Crippen molar-refractivity contribution in [1.29, 1.82) is 0 Å². The molecule has 0 amide bonds. The molecule has 0 aromatic heterocycles. The van der Waals surface area contributed by atoms with Gasteiger partial charge < -0.3 is 5.32 Å². The molecular weight excluding hydrogens is 214 g/mol. The molecular formula is C14H23NS. The van der Waals surface area contributed by atoms with E-state index in [9.17, 15) is 0 Å². The molecule has 0 aliphatic rings. The molecule has 0 heterocycles. The van der Waals surface area contributed by atoms with Crippen LogP contribution in [0.4, 0.5) is 0 Å². The Hall–Kier alpha value is -0.470. The molecule has 1 nitrogen and oxygen atoms in total. The molecule has 16 heavy (non-hydrogen) atoms. The summed E-state index contributed by atoms with van der Waals surface area (Å²) in [6, 6.07) is 9.26.